The van der Waals surface area contributed by atoms with E-state index in [9.17, 15) is 13.0 Å². The van der Waals surface area contributed by atoms with Crippen LogP contribution in [0, 0.1) is 0 Å². The first-order valence-electron chi connectivity index (χ1n) is 7.08. The number of rotatable bonds is 8. The van der Waals surface area contributed by atoms with E-state index in [4.69, 9.17) is 0 Å². The Morgan fingerprint density at radius 1 is 1.20 bits per heavy atom. The summed E-state index contributed by atoms with van der Waals surface area (Å²) in [5, 5.41) is 0. The van der Waals surface area contributed by atoms with Crippen molar-refractivity contribution in [1.29, 1.82) is 0 Å². The maximum Gasteiger partial charge on any atom is 0.243 e. The highest BCUT2D eigenvalue weighted by Gasteiger charge is 2.01. The Morgan fingerprint density at radius 2 is 1.85 bits per heavy atom. The van der Waals surface area contributed by atoms with E-state index in [2.05, 4.69) is 45.9 Å². The molecule has 1 aromatic rings. The third-order valence-corrected chi connectivity index (χ3v) is 3.07. The second-order valence-electron chi connectivity index (χ2n) is 4.41. The van der Waals surface area contributed by atoms with Gasteiger partial charge in [-0.15, -0.1) is 0 Å². The molecule has 118 valence electrons. The zero-order valence-corrected chi connectivity index (χ0v) is 13.4. The number of unbranched alkanes of at least 4 members (excludes halogenated alkanes) is 2. The number of imidazole rings is 1. The van der Waals surface area contributed by atoms with Crippen molar-refractivity contribution in [3.63, 3.8) is 0 Å². The van der Waals surface area contributed by atoms with Crippen LogP contribution in [0.3, 0.4) is 0 Å². The van der Waals surface area contributed by atoms with Crippen LogP contribution in [0.25, 0.3) is 0 Å². The van der Waals surface area contributed by atoms with Gasteiger partial charge in [-0.05, 0) is 19.8 Å². The second-order valence-corrected chi connectivity index (χ2v) is 5.46. The smallest absolute Gasteiger partial charge is 0.243 e. The van der Waals surface area contributed by atoms with E-state index in [1.54, 1.807) is 0 Å². The SMILES string of the molecule is CCCCn1cc[n+](CCCC)c1.CCOS(=O)(=O)[O-]. The molecule has 1 aromatic heterocycles. The van der Waals surface area contributed by atoms with E-state index in [0.29, 0.717) is 0 Å². The molecule has 6 nitrogen and oxygen atoms in total. The molecule has 7 heteroatoms. The summed E-state index contributed by atoms with van der Waals surface area (Å²) >= 11 is 0. The summed E-state index contributed by atoms with van der Waals surface area (Å²) < 4.78 is 36.6. The third-order valence-electron chi connectivity index (χ3n) is 2.55. The standard InChI is InChI=1S/C11H21N2.C2H6O4S/c1-3-5-7-12-9-10-13(11-12)8-6-4-2;1-2-6-7(3,4)5/h9-11H,3-8H2,1-2H3;2H2,1H3,(H,3,4,5)/q+1;/p-1. The van der Waals surface area contributed by atoms with Crippen LogP contribution in [0.5, 0.6) is 0 Å². The lowest BCUT2D eigenvalue weighted by molar-refractivity contribution is -0.696. The highest BCUT2D eigenvalue weighted by molar-refractivity contribution is 7.80. The molecule has 0 bridgehead atoms. The Kier molecular flexibility index (Phi) is 10.3. The summed E-state index contributed by atoms with van der Waals surface area (Å²) in [5.41, 5.74) is 0. The fourth-order valence-electron chi connectivity index (χ4n) is 1.53. The highest BCUT2D eigenvalue weighted by atomic mass is 32.3. The van der Waals surface area contributed by atoms with Gasteiger partial charge in [0.15, 0.2) is 0 Å². The molecular weight excluding hydrogens is 280 g/mol. The Balaban J connectivity index is 0.000000441. The molecule has 0 atom stereocenters. The van der Waals surface area contributed by atoms with E-state index in [1.165, 1.54) is 32.6 Å². The quantitative estimate of drug-likeness (QED) is 0.417. The van der Waals surface area contributed by atoms with Crippen molar-refractivity contribution in [3.8, 4) is 0 Å². The Morgan fingerprint density at radius 3 is 2.30 bits per heavy atom. The molecule has 0 aliphatic carbocycles. The molecule has 0 aromatic carbocycles. The minimum atomic E-state index is -4.42. The van der Waals surface area contributed by atoms with Gasteiger partial charge in [-0.2, -0.15) is 0 Å². The van der Waals surface area contributed by atoms with Gasteiger partial charge in [0.1, 0.15) is 12.4 Å². The van der Waals surface area contributed by atoms with Crippen LogP contribution in [-0.2, 0) is 27.7 Å². The van der Waals surface area contributed by atoms with Gasteiger partial charge in [0, 0.05) is 0 Å². The predicted octanol–water partition coefficient (Wildman–Crippen LogP) is 1.86. The first-order chi connectivity index (χ1) is 9.42. The van der Waals surface area contributed by atoms with Crippen LogP contribution < -0.4 is 4.57 Å². The van der Waals surface area contributed by atoms with E-state index in [-0.39, 0.29) is 6.61 Å². The number of hydrogen-bond donors (Lipinski definition) is 0. The van der Waals surface area contributed by atoms with Crippen molar-refractivity contribution in [2.75, 3.05) is 6.61 Å². The van der Waals surface area contributed by atoms with Crippen molar-refractivity contribution in [3.05, 3.63) is 18.7 Å². The van der Waals surface area contributed by atoms with Crippen LogP contribution in [0.15, 0.2) is 18.7 Å². The van der Waals surface area contributed by atoms with E-state index in [1.807, 2.05) is 0 Å². The Labute approximate surface area is 122 Å². The average molecular weight is 306 g/mol. The van der Waals surface area contributed by atoms with Gasteiger partial charge in [-0.1, -0.05) is 26.7 Å². The first-order valence-corrected chi connectivity index (χ1v) is 8.41. The molecule has 0 saturated heterocycles. The number of hydrogen-bond acceptors (Lipinski definition) is 4. The van der Waals surface area contributed by atoms with Gasteiger partial charge < -0.3 is 4.55 Å². The molecule has 0 radical (unpaired) electrons. The van der Waals surface area contributed by atoms with Crippen molar-refractivity contribution in [2.24, 2.45) is 0 Å². The average Bonchev–Trinajstić information content (AvgIpc) is 2.81. The predicted molar refractivity (Wildman–Crippen MR) is 75.8 cm³/mol. The number of aryl methyl sites for hydroxylation is 2. The zero-order chi connectivity index (χ0) is 15.4. The van der Waals surface area contributed by atoms with Crippen molar-refractivity contribution in [2.45, 2.75) is 59.5 Å². The summed E-state index contributed by atoms with van der Waals surface area (Å²) in [7, 11) is -4.42. The molecule has 0 N–H and O–H groups in total. The third kappa shape index (κ3) is 11.0. The topological polar surface area (TPSA) is 75.2 Å². The molecule has 0 unspecified atom stereocenters. The lowest BCUT2D eigenvalue weighted by atomic mass is 10.3. The van der Waals surface area contributed by atoms with Gasteiger partial charge in [0.05, 0.1) is 19.7 Å². The molecule has 0 fully saturated rings. The molecule has 0 amide bonds. The summed E-state index contributed by atoms with van der Waals surface area (Å²) in [6, 6.07) is 0. The van der Waals surface area contributed by atoms with Crippen LogP contribution in [0.2, 0.25) is 0 Å². The molecule has 0 spiro atoms. The van der Waals surface area contributed by atoms with Crippen LogP contribution in [0.4, 0.5) is 0 Å². The number of nitrogens with zero attached hydrogens (tertiary/aromatic N) is 2. The maximum absolute atomic E-state index is 9.45. The minimum Gasteiger partial charge on any atom is -0.726 e. The molecule has 1 heterocycles. The highest BCUT2D eigenvalue weighted by Crippen LogP contribution is 1.93. The van der Waals surface area contributed by atoms with Gasteiger partial charge in [0.25, 0.3) is 0 Å². The molecule has 0 aliphatic rings. The second kappa shape index (κ2) is 10.8. The summed E-state index contributed by atoms with van der Waals surface area (Å²) in [6.45, 7) is 8.12. The van der Waals surface area contributed by atoms with E-state index < -0.39 is 10.4 Å². The Bertz CT molecular complexity index is 420. The molecule has 20 heavy (non-hydrogen) atoms. The van der Waals surface area contributed by atoms with Gasteiger partial charge in [-0.3, -0.25) is 4.18 Å². The monoisotopic (exact) mass is 306 g/mol. The summed E-state index contributed by atoms with van der Waals surface area (Å²) in [4.78, 5) is 0. The normalized spacial score (nSPS) is 11.0. The van der Waals surface area contributed by atoms with Crippen molar-refractivity contribution in [1.82, 2.24) is 4.57 Å². The molecular formula is C13H26N2O4S. The van der Waals surface area contributed by atoms with E-state index >= 15 is 0 Å². The first kappa shape index (κ1) is 19.1. The van der Waals surface area contributed by atoms with Crippen molar-refractivity contribution >= 4 is 10.4 Å². The maximum atomic E-state index is 9.45. The molecule has 1 rings (SSSR count). The number of aromatic nitrogens is 2. The zero-order valence-electron chi connectivity index (χ0n) is 12.6. The lowest BCUT2D eigenvalue weighted by Gasteiger charge is -2.02. The van der Waals surface area contributed by atoms with Crippen molar-refractivity contribution < 1.29 is 21.7 Å². The fourth-order valence-corrected chi connectivity index (χ4v) is 1.82. The lowest BCUT2D eigenvalue weighted by Crippen LogP contribution is -2.30. The summed E-state index contributed by atoms with van der Waals surface area (Å²) in [6.07, 6.45) is 11.7. The van der Waals surface area contributed by atoms with Crippen LogP contribution in [-0.4, -0.2) is 24.1 Å². The largest absolute Gasteiger partial charge is 0.726 e. The minimum absolute atomic E-state index is 0.0914. The van der Waals surface area contributed by atoms with Crippen LogP contribution >= 0.6 is 0 Å². The van der Waals surface area contributed by atoms with Gasteiger partial charge in [0.2, 0.25) is 16.7 Å². The fraction of sp³-hybridized carbons (Fsp3) is 0.769. The van der Waals surface area contributed by atoms with E-state index in [0.717, 1.165) is 13.1 Å². The van der Waals surface area contributed by atoms with Crippen LogP contribution in [0.1, 0.15) is 46.5 Å². The molecule has 0 saturated carbocycles. The Hall–Kier alpha value is -0.920. The summed E-state index contributed by atoms with van der Waals surface area (Å²) in [5.74, 6) is 0. The molecule has 0 aliphatic heterocycles. The van der Waals surface area contributed by atoms with Gasteiger partial charge >= 0.3 is 0 Å². The van der Waals surface area contributed by atoms with Gasteiger partial charge in [-0.25, -0.2) is 17.6 Å².